The van der Waals surface area contributed by atoms with Gasteiger partial charge < -0.3 is 5.11 Å². The molecule has 2 unspecified atom stereocenters. The Hall–Kier alpha value is -1.91. The third-order valence-corrected chi connectivity index (χ3v) is 3.23. The maximum absolute atomic E-state index is 13.8. The molecule has 17 heavy (non-hydrogen) atoms. The minimum Gasteiger partial charge on any atom is -0.480 e. The number of benzene rings is 1. The van der Waals surface area contributed by atoms with E-state index in [-0.39, 0.29) is 23.1 Å². The van der Waals surface area contributed by atoms with Crippen LogP contribution in [-0.2, 0) is 9.59 Å². The van der Waals surface area contributed by atoms with E-state index < -0.39 is 17.3 Å². The Morgan fingerprint density at radius 2 is 1.94 bits per heavy atom. The average molecular weight is 237 g/mol. The Bertz CT molecular complexity index is 462. The second-order valence-electron chi connectivity index (χ2n) is 4.30. The van der Waals surface area contributed by atoms with Crippen molar-refractivity contribution >= 4 is 17.6 Å². The van der Waals surface area contributed by atoms with Gasteiger partial charge >= 0.3 is 5.97 Å². The van der Waals surface area contributed by atoms with E-state index in [1.54, 1.807) is 25.1 Å². The first-order valence-corrected chi connectivity index (χ1v) is 5.29. The molecule has 1 saturated carbocycles. The smallest absolute Gasteiger partial charge is 0.319 e. The molecule has 1 fully saturated rings. The normalized spacial score (nSPS) is 26.4. The Balaban J connectivity index is 2.25. The number of amides is 1. The number of hydrogen-bond donors (Lipinski definition) is 1. The fourth-order valence-corrected chi connectivity index (χ4v) is 1.96. The van der Waals surface area contributed by atoms with Crippen molar-refractivity contribution in [2.75, 3.05) is 5.12 Å². The van der Waals surface area contributed by atoms with Crippen LogP contribution in [0.15, 0.2) is 30.3 Å². The molecule has 1 aromatic carbocycles. The molecule has 2 rings (SSSR count). The third kappa shape index (κ3) is 1.67. The van der Waals surface area contributed by atoms with Crippen LogP contribution >= 0.6 is 0 Å². The molecular formula is C12H12FNO3. The lowest BCUT2D eigenvalue weighted by atomic mass is 10.0. The number of aliphatic carboxylic acids is 1. The molecule has 0 aromatic heterocycles. The first-order valence-electron chi connectivity index (χ1n) is 5.29. The molecule has 0 radical (unpaired) electrons. The summed E-state index contributed by atoms with van der Waals surface area (Å²) in [5, 5.41) is 8.95. The van der Waals surface area contributed by atoms with Gasteiger partial charge in [0.25, 0.3) is 5.91 Å². The molecule has 1 amide bonds. The van der Waals surface area contributed by atoms with E-state index >= 15 is 0 Å². The predicted molar refractivity (Wildman–Crippen MR) is 58.9 cm³/mol. The lowest BCUT2D eigenvalue weighted by Crippen LogP contribution is -2.37. The van der Waals surface area contributed by atoms with E-state index in [0.717, 1.165) is 0 Å². The highest BCUT2D eigenvalue weighted by molar-refractivity contribution is 6.11. The highest BCUT2D eigenvalue weighted by atomic mass is 19.2. The molecule has 2 atom stereocenters. The maximum Gasteiger partial charge on any atom is 0.319 e. The molecule has 1 aliphatic rings. The van der Waals surface area contributed by atoms with Crippen LogP contribution in [0.5, 0.6) is 0 Å². The number of carboxylic acid groups (broad SMARTS) is 1. The number of carbonyl (C=O) groups is 2. The third-order valence-electron chi connectivity index (χ3n) is 3.23. The molecule has 0 heterocycles. The van der Waals surface area contributed by atoms with Crippen molar-refractivity contribution < 1.29 is 19.2 Å². The quantitative estimate of drug-likeness (QED) is 0.646. The summed E-state index contributed by atoms with van der Waals surface area (Å²) in [6.07, 6.45) is 0.189. The van der Waals surface area contributed by atoms with Crippen molar-refractivity contribution in [1.29, 1.82) is 0 Å². The van der Waals surface area contributed by atoms with Gasteiger partial charge in [0, 0.05) is 0 Å². The monoisotopic (exact) mass is 237 g/mol. The number of halogens is 1. The van der Waals surface area contributed by atoms with Gasteiger partial charge in [-0.2, -0.15) is 0 Å². The molecule has 0 saturated heterocycles. The van der Waals surface area contributed by atoms with Crippen LogP contribution in [0.2, 0.25) is 0 Å². The van der Waals surface area contributed by atoms with Crippen LogP contribution in [0, 0.1) is 11.3 Å². The van der Waals surface area contributed by atoms with E-state index in [2.05, 4.69) is 0 Å². The number of carbonyl (C=O) groups excluding carboxylic acids is 1. The summed E-state index contributed by atoms with van der Waals surface area (Å²) < 4.78 is 13.8. The molecule has 5 heteroatoms. The molecule has 90 valence electrons. The molecular weight excluding hydrogens is 225 g/mol. The highest BCUT2D eigenvalue weighted by Gasteiger charge is 2.65. The summed E-state index contributed by atoms with van der Waals surface area (Å²) in [6, 6.07) is 7.69. The standard InChI is InChI=1S/C12H12FNO3/c1-8-7-12(8,11(16)17)10(15)14(13)9-5-3-2-4-6-9/h2-6,8H,7H2,1H3,(H,16,17). The van der Waals surface area contributed by atoms with Crippen molar-refractivity contribution in [1.82, 2.24) is 0 Å². The Labute approximate surface area is 97.6 Å². The first-order chi connectivity index (χ1) is 8.00. The highest BCUT2D eigenvalue weighted by Crippen LogP contribution is 2.54. The van der Waals surface area contributed by atoms with Crippen LogP contribution in [0.25, 0.3) is 0 Å². The number of anilines is 1. The number of hydrogen-bond acceptors (Lipinski definition) is 2. The minimum absolute atomic E-state index is 0.0530. The van der Waals surface area contributed by atoms with E-state index in [9.17, 15) is 14.1 Å². The van der Waals surface area contributed by atoms with E-state index in [0.29, 0.717) is 0 Å². The molecule has 0 aliphatic heterocycles. The summed E-state index contributed by atoms with van der Waals surface area (Å²) in [6.45, 7) is 1.63. The predicted octanol–water partition coefficient (Wildman–Crippen LogP) is 2.01. The lowest BCUT2D eigenvalue weighted by Gasteiger charge is -2.16. The molecule has 0 spiro atoms. The van der Waals surface area contributed by atoms with Gasteiger partial charge in [-0.25, -0.2) is 0 Å². The summed E-state index contributed by atoms with van der Waals surface area (Å²) in [5.74, 6) is -2.58. The van der Waals surface area contributed by atoms with Crippen LogP contribution in [0.4, 0.5) is 10.2 Å². The van der Waals surface area contributed by atoms with Crippen molar-refractivity contribution in [3.8, 4) is 0 Å². The van der Waals surface area contributed by atoms with Crippen molar-refractivity contribution in [3.05, 3.63) is 30.3 Å². The van der Waals surface area contributed by atoms with Crippen LogP contribution in [0.3, 0.4) is 0 Å². The SMILES string of the molecule is CC1CC1(C(=O)O)C(=O)N(F)c1ccccc1. The van der Waals surface area contributed by atoms with Gasteiger partial charge in [-0.1, -0.05) is 29.6 Å². The van der Waals surface area contributed by atoms with E-state index in [1.165, 1.54) is 12.1 Å². The van der Waals surface area contributed by atoms with Crippen LogP contribution in [0.1, 0.15) is 13.3 Å². The maximum atomic E-state index is 13.8. The second kappa shape index (κ2) is 3.84. The molecule has 1 aliphatic carbocycles. The zero-order chi connectivity index (χ0) is 12.6. The van der Waals surface area contributed by atoms with Crippen LogP contribution in [-0.4, -0.2) is 17.0 Å². The van der Waals surface area contributed by atoms with Crippen molar-refractivity contribution in [2.24, 2.45) is 11.3 Å². The molecule has 1 N–H and O–H groups in total. The minimum atomic E-state index is -1.58. The van der Waals surface area contributed by atoms with Gasteiger partial charge in [-0.3, -0.25) is 9.59 Å². The summed E-state index contributed by atoms with van der Waals surface area (Å²) in [7, 11) is 0. The number of nitrogens with zero attached hydrogens (tertiary/aromatic N) is 1. The number of rotatable bonds is 3. The van der Waals surface area contributed by atoms with Crippen molar-refractivity contribution in [2.45, 2.75) is 13.3 Å². The second-order valence-corrected chi connectivity index (χ2v) is 4.30. The fourth-order valence-electron chi connectivity index (χ4n) is 1.96. The van der Waals surface area contributed by atoms with Gasteiger partial charge in [0.2, 0.25) is 0 Å². The Kier molecular flexibility index (Phi) is 2.61. The largest absolute Gasteiger partial charge is 0.480 e. The Morgan fingerprint density at radius 3 is 2.35 bits per heavy atom. The molecule has 4 nitrogen and oxygen atoms in total. The van der Waals surface area contributed by atoms with Gasteiger partial charge in [0.1, 0.15) is 0 Å². The average Bonchev–Trinajstić information content (AvgIpc) is 3.02. The zero-order valence-electron chi connectivity index (χ0n) is 9.26. The van der Waals surface area contributed by atoms with E-state index in [1.807, 2.05) is 0 Å². The summed E-state index contributed by atoms with van der Waals surface area (Å²) >= 11 is 0. The molecule has 0 bridgehead atoms. The van der Waals surface area contributed by atoms with Gasteiger partial charge in [0.15, 0.2) is 5.41 Å². The van der Waals surface area contributed by atoms with E-state index in [4.69, 9.17) is 5.11 Å². The number of para-hydroxylation sites is 1. The molecule has 1 aromatic rings. The first kappa shape index (κ1) is 11.6. The fraction of sp³-hybridized carbons (Fsp3) is 0.333. The van der Waals surface area contributed by atoms with Crippen molar-refractivity contribution in [3.63, 3.8) is 0 Å². The van der Waals surface area contributed by atoms with Gasteiger partial charge in [0.05, 0.1) is 5.69 Å². The zero-order valence-corrected chi connectivity index (χ0v) is 9.26. The van der Waals surface area contributed by atoms with Gasteiger partial charge in [-0.05, 0) is 24.5 Å². The lowest BCUT2D eigenvalue weighted by molar-refractivity contribution is -0.149. The Morgan fingerprint density at radius 1 is 1.41 bits per heavy atom. The van der Waals surface area contributed by atoms with Crippen LogP contribution < -0.4 is 5.12 Å². The number of carboxylic acids is 1. The topological polar surface area (TPSA) is 57.6 Å². The summed E-state index contributed by atoms with van der Waals surface area (Å²) in [4.78, 5) is 22.9. The van der Waals surface area contributed by atoms with Gasteiger partial charge in [-0.15, -0.1) is 5.12 Å². The summed E-state index contributed by atoms with van der Waals surface area (Å²) in [5.41, 5.74) is -1.53.